The van der Waals surface area contributed by atoms with Gasteiger partial charge in [-0.2, -0.15) is 10.9 Å². The first kappa shape index (κ1) is 118. The molecule has 0 aliphatic heterocycles. The summed E-state index contributed by atoms with van der Waals surface area (Å²) in [5.41, 5.74) is 40.6. The van der Waals surface area contributed by atoms with E-state index in [1.165, 1.54) is 132 Å². The summed E-state index contributed by atoms with van der Waals surface area (Å²) in [4.78, 5) is 27.5. The third kappa shape index (κ3) is 30.9. The summed E-state index contributed by atoms with van der Waals surface area (Å²) in [5, 5.41) is 6.83. The Kier molecular flexibility index (Phi) is 43.8. The van der Waals surface area contributed by atoms with E-state index in [4.69, 9.17) is 15.0 Å². The quantitative estimate of drug-likeness (QED) is 0.0358. The number of aryl methyl sites for hydroxylation is 14. The Balaban J connectivity index is 0.000000192. The molecule has 148 heavy (non-hydrogen) atoms. The Labute approximate surface area is 930 Å². The molecule has 16 heteroatoms. The first-order valence-electron chi connectivity index (χ1n) is 51.1. The van der Waals surface area contributed by atoms with Crippen molar-refractivity contribution < 1.29 is 64.9 Å². The number of rotatable bonds is 23. The number of hydrogen-bond acceptors (Lipinski definition) is 7. The van der Waals surface area contributed by atoms with Crippen LogP contribution in [0.2, 0.25) is 58.9 Å². The van der Waals surface area contributed by atoms with E-state index in [2.05, 4.69) is 343 Å². The number of aromatic nitrogens is 6. The van der Waals surface area contributed by atoms with Gasteiger partial charge in [0.1, 0.15) is 0 Å². The van der Waals surface area contributed by atoms with E-state index in [1.807, 2.05) is 206 Å². The van der Waals surface area contributed by atoms with E-state index in [0.29, 0.717) is 5.92 Å². The minimum Gasteiger partial charge on any atom is -0.310 e. The van der Waals surface area contributed by atoms with Crippen LogP contribution < -0.4 is 64.3 Å². The summed E-state index contributed by atoms with van der Waals surface area (Å²) in [5.74, 6) is 0.606. The SMILES string of the molecule is CCCc1cc(-c2[c-]ccc(B(c3c(C)cc(C)cc3C)c3c(C)cc(C)cc3C)c2)ncc1[Si](C)(C)C.CCc1cc(-c2[c-]ccc(P(=O)(c3ccccc3)c3ccccc3)c2)ncc1[Si](C)(C)C.Cc1cc(C)c(B(c2cc[c-]c(-c3cc(CC(C)C)c([Si](C)(C)C)cn3)c2)c2c(C)cc(C)cc2C)c(C)c1.[Ir].[Ir].[Ir].[c-]1ccccc1-c1ccccn1.[c-]1ccccc1-c1ccccn1.[c-]1ccccc1-c1ccccn1. The van der Waals surface area contributed by atoms with Gasteiger partial charge in [-0.15, -0.1) is 197 Å². The summed E-state index contributed by atoms with van der Waals surface area (Å²) in [7, 11) is -7.44. The number of pyridine rings is 6. The predicted molar refractivity (Wildman–Crippen MR) is 633 cm³/mol. The van der Waals surface area contributed by atoms with E-state index >= 15 is 0 Å². The largest absolute Gasteiger partial charge is 0.310 e. The molecule has 0 atom stereocenters. The molecule has 3 radical (unpaired) electrons. The van der Waals surface area contributed by atoms with Crippen LogP contribution in [0.1, 0.15) is 118 Å². The molecule has 0 saturated heterocycles. The predicted octanol–water partition coefficient (Wildman–Crippen LogP) is 26.0. The molecule has 0 aliphatic carbocycles. The maximum atomic E-state index is 14.7. The van der Waals surface area contributed by atoms with Gasteiger partial charge in [-0.25, -0.2) is 0 Å². The molecule has 12 aromatic carbocycles. The second-order valence-corrected chi connectivity index (χ2v) is 59.9. The summed E-state index contributed by atoms with van der Waals surface area (Å²) in [6.45, 7) is 57.9. The zero-order chi connectivity index (χ0) is 104. The standard InChI is InChI=1S/C36H45BNSi.C35H43BNSi.C28H29NOPSi.3C11H8N.3Ir/c1-23(2)15-31-21-33(38-22-34(31)39(9,10)11)30-13-12-14-32(20-30)37(35-26(5)16-24(3)17-27(35)6)36-28(7)18-25(4)19-29(36)8;1-11-13-30-21-32(37-22-33(30)38(8,9)10)29-14-12-15-31(20-29)36(34-25(4)16-23(2)17-26(34)5)35-27(6)18-24(3)19-28(35)7;1-5-22-20-27(29-21-28(22)32(2,3)4)23-13-12-18-26(19-23)31(30,24-14-8-6-9-15-24)25-16-10-7-11-17-25;3*1-2-6-10(7-3-1)11-8-4-5-9-12-11;;;/h12,14,16-23H,15H2,1-11H3;12,15-22H,11,13H2,1-10H3;6-12,14-21H,5H2,1-4H3;3*1-6,8-9H;;;/q6*-1;;;. The molecule has 0 saturated carbocycles. The van der Waals surface area contributed by atoms with Gasteiger partial charge in [-0.1, -0.05) is 367 Å². The van der Waals surface area contributed by atoms with Crippen LogP contribution >= 0.6 is 7.14 Å². The summed E-state index contributed by atoms with van der Waals surface area (Å²) in [6, 6.07) is 125. The van der Waals surface area contributed by atoms with Crippen LogP contribution in [0.25, 0.3) is 67.5 Å². The van der Waals surface area contributed by atoms with Gasteiger partial charge in [0.05, 0.1) is 24.2 Å². The van der Waals surface area contributed by atoms with Crippen LogP contribution in [0.5, 0.6) is 0 Å². The van der Waals surface area contributed by atoms with Crippen molar-refractivity contribution in [3.8, 4) is 67.5 Å². The molecule has 0 aliphatic rings. The molecule has 0 N–H and O–H groups in total. The second kappa shape index (κ2) is 54.8. The molecular weight excluding hydrogens is 2400 g/mol. The fraction of sp³-hybridized carbons (Fsp3) is 0.227. The minimum atomic E-state index is -3.02. The van der Waals surface area contributed by atoms with Gasteiger partial charge >= 0.3 is 0 Å². The number of hydrogen-bond donors (Lipinski definition) is 0. The third-order valence-corrected chi connectivity index (χ3v) is 35.8. The fourth-order valence-corrected chi connectivity index (χ4v) is 27.8. The first-order chi connectivity index (χ1) is 69.4. The molecule has 0 fully saturated rings. The van der Waals surface area contributed by atoms with Crippen molar-refractivity contribution in [2.45, 2.75) is 195 Å². The van der Waals surface area contributed by atoms with E-state index in [9.17, 15) is 4.57 Å². The van der Waals surface area contributed by atoms with Gasteiger partial charge in [-0.3, -0.25) is 0 Å². The van der Waals surface area contributed by atoms with Crippen molar-refractivity contribution in [2.24, 2.45) is 5.92 Å². The van der Waals surface area contributed by atoms with Crippen LogP contribution in [0, 0.1) is 125 Å². The van der Waals surface area contributed by atoms with Crippen LogP contribution in [-0.4, -0.2) is 67.6 Å². The Bertz CT molecular complexity index is 6880. The maximum absolute atomic E-state index is 14.7. The van der Waals surface area contributed by atoms with Crippen LogP contribution in [0.3, 0.4) is 0 Å². The molecule has 18 aromatic rings. The van der Waals surface area contributed by atoms with Crippen molar-refractivity contribution in [2.75, 3.05) is 0 Å². The van der Waals surface area contributed by atoms with E-state index in [-0.39, 0.29) is 73.7 Å². The smallest absolute Gasteiger partial charge is 0.224 e. The Morgan fingerprint density at radius 1 is 0.284 bits per heavy atom. The van der Waals surface area contributed by atoms with Gasteiger partial charge < -0.3 is 34.5 Å². The van der Waals surface area contributed by atoms with E-state index in [0.717, 1.165) is 109 Å². The Morgan fingerprint density at radius 2 is 0.568 bits per heavy atom. The zero-order valence-corrected chi connectivity index (χ0v) is 102. The monoisotopic (exact) mass is 2540 g/mol. The summed E-state index contributed by atoms with van der Waals surface area (Å²) < 4.78 is 14.7. The van der Waals surface area contributed by atoms with Gasteiger partial charge in [0, 0.05) is 108 Å². The van der Waals surface area contributed by atoms with Crippen LogP contribution in [0.15, 0.2) is 347 Å². The molecule has 0 spiro atoms. The van der Waals surface area contributed by atoms with E-state index in [1.54, 1.807) is 18.6 Å². The first-order valence-corrected chi connectivity index (χ1v) is 63.3. The fourth-order valence-electron chi connectivity index (χ4n) is 20.2. The third-order valence-electron chi connectivity index (χ3n) is 26.5. The van der Waals surface area contributed by atoms with Crippen LogP contribution in [-0.2, 0) is 84.1 Å². The summed E-state index contributed by atoms with van der Waals surface area (Å²) in [6.07, 6.45) is 16.0. The van der Waals surface area contributed by atoms with Gasteiger partial charge in [0.2, 0.25) is 13.4 Å². The van der Waals surface area contributed by atoms with Crippen LogP contribution in [0.4, 0.5) is 0 Å². The van der Waals surface area contributed by atoms with Gasteiger partial charge in [-0.05, 0) is 176 Å². The molecule has 18 rings (SSSR count). The Hall–Kier alpha value is -11.5. The molecule has 0 unspecified atom stereocenters. The maximum Gasteiger partial charge on any atom is 0.224 e. The summed E-state index contributed by atoms with van der Waals surface area (Å²) >= 11 is 0. The van der Waals surface area contributed by atoms with Crippen molar-refractivity contribution >= 4 is 109 Å². The Morgan fingerprint density at radius 3 is 0.858 bits per heavy atom. The molecule has 0 amide bonds. The molecule has 0 bridgehead atoms. The van der Waals surface area contributed by atoms with Crippen molar-refractivity contribution in [1.82, 2.24) is 29.9 Å². The van der Waals surface area contributed by atoms with Gasteiger partial charge in [0.15, 0.2) is 7.14 Å². The molecule has 761 valence electrons. The second-order valence-electron chi connectivity index (χ2n) is 42.0. The van der Waals surface area contributed by atoms with Crippen molar-refractivity contribution in [1.29, 1.82) is 0 Å². The van der Waals surface area contributed by atoms with E-state index < -0.39 is 31.4 Å². The van der Waals surface area contributed by atoms with Gasteiger partial charge in [0.25, 0.3) is 0 Å². The average molecular weight is 2540 g/mol. The average Bonchev–Trinajstić information content (AvgIpc) is 0.764. The van der Waals surface area contributed by atoms with Crippen molar-refractivity contribution in [3.63, 3.8) is 0 Å². The number of nitrogens with zero attached hydrogens (tertiary/aromatic N) is 6. The zero-order valence-electron chi connectivity index (χ0n) is 91.0. The van der Waals surface area contributed by atoms with Crippen molar-refractivity contribution in [3.05, 3.63) is 466 Å². The topological polar surface area (TPSA) is 94.4 Å². The molecule has 6 aromatic heterocycles. The minimum absolute atomic E-state index is 0. The molecule has 6 heterocycles. The molecular formula is C132H141B2Ir3N6OPSi3-6. The number of benzene rings is 12. The normalized spacial score (nSPS) is 11.0. The molecule has 7 nitrogen and oxygen atoms in total.